The van der Waals surface area contributed by atoms with Gasteiger partial charge in [-0.1, -0.05) is 24.3 Å². The summed E-state index contributed by atoms with van der Waals surface area (Å²) in [5.74, 6) is 3.29. The smallest absolute Gasteiger partial charge is 0.261 e. The second-order valence-corrected chi connectivity index (χ2v) is 9.66. The minimum atomic E-state index is -0.247. The van der Waals surface area contributed by atoms with Crippen molar-refractivity contribution in [1.29, 1.82) is 0 Å². The van der Waals surface area contributed by atoms with E-state index < -0.39 is 0 Å². The van der Waals surface area contributed by atoms with Crippen LogP contribution in [0.1, 0.15) is 37.8 Å². The fraction of sp³-hybridized carbons (Fsp3) is 0.217. The van der Waals surface area contributed by atoms with E-state index in [0.29, 0.717) is 33.4 Å². The van der Waals surface area contributed by atoms with E-state index in [-0.39, 0.29) is 11.8 Å². The van der Waals surface area contributed by atoms with Crippen molar-refractivity contribution in [2.45, 2.75) is 11.5 Å². The van der Waals surface area contributed by atoms with Gasteiger partial charge in [0, 0.05) is 39.9 Å². The molecule has 0 spiro atoms. The molecule has 2 aliphatic rings. The summed E-state index contributed by atoms with van der Waals surface area (Å²) in [6, 6.07) is 17.3. The van der Waals surface area contributed by atoms with Crippen LogP contribution in [0.2, 0.25) is 0 Å². The maximum absolute atomic E-state index is 12.7. The Bertz CT molecular complexity index is 1100. The molecule has 0 aliphatic carbocycles. The molecule has 1 fully saturated rings. The van der Waals surface area contributed by atoms with E-state index >= 15 is 0 Å². The molecule has 146 valence electrons. The standard InChI is InChI=1S/C23H19NO3S2/c1-2-24-21(25)17-5-3-4-16-19(11-10-18(20(16)17)22(24)26)27-15-8-6-14(7-9-15)23-28-12-13-29-23/h3-11,23H,2,12-13H2,1H3. The molecule has 2 amide bonds. The largest absolute Gasteiger partial charge is 0.457 e. The highest BCUT2D eigenvalue weighted by atomic mass is 32.2. The highest BCUT2D eigenvalue weighted by molar-refractivity contribution is 8.19. The Morgan fingerprint density at radius 2 is 1.62 bits per heavy atom. The molecule has 29 heavy (non-hydrogen) atoms. The number of carbonyl (C=O) groups is 2. The molecular formula is C23H19NO3S2. The minimum absolute atomic E-state index is 0.247. The van der Waals surface area contributed by atoms with Crippen molar-refractivity contribution in [2.24, 2.45) is 0 Å². The lowest BCUT2D eigenvalue weighted by molar-refractivity contribution is 0.0619. The first-order chi connectivity index (χ1) is 14.2. The number of hydrogen-bond acceptors (Lipinski definition) is 5. The summed E-state index contributed by atoms with van der Waals surface area (Å²) in [6.07, 6.45) is 0. The van der Waals surface area contributed by atoms with Gasteiger partial charge < -0.3 is 4.74 Å². The summed E-state index contributed by atoms with van der Waals surface area (Å²) in [5.41, 5.74) is 2.41. The van der Waals surface area contributed by atoms with Crippen LogP contribution in [0.25, 0.3) is 10.8 Å². The molecule has 0 radical (unpaired) electrons. The van der Waals surface area contributed by atoms with E-state index in [1.165, 1.54) is 22.0 Å². The number of carbonyl (C=O) groups excluding carboxylic acids is 2. The fourth-order valence-corrected chi connectivity index (χ4v) is 6.73. The lowest BCUT2D eigenvalue weighted by Crippen LogP contribution is -2.40. The van der Waals surface area contributed by atoms with Gasteiger partial charge in [-0.25, -0.2) is 0 Å². The van der Waals surface area contributed by atoms with Gasteiger partial charge in [-0.2, -0.15) is 0 Å². The van der Waals surface area contributed by atoms with E-state index in [4.69, 9.17) is 4.74 Å². The molecule has 2 heterocycles. The van der Waals surface area contributed by atoms with Crippen molar-refractivity contribution < 1.29 is 14.3 Å². The predicted molar refractivity (Wildman–Crippen MR) is 119 cm³/mol. The Hall–Kier alpha value is -2.44. The Morgan fingerprint density at radius 1 is 0.931 bits per heavy atom. The quantitative estimate of drug-likeness (QED) is 0.504. The number of ether oxygens (including phenoxy) is 1. The van der Waals surface area contributed by atoms with Gasteiger partial charge in [-0.3, -0.25) is 14.5 Å². The van der Waals surface area contributed by atoms with E-state index in [9.17, 15) is 9.59 Å². The summed E-state index contributed by atoms with van der Waals surface area (Å²) in [7, 11) is 0. The molecule has 2 aliphatic heterocycles. The summed E-state index contributed by atoms with van der Waals surface area (Å²) in [4.78, 5) is 26.8. The summed E-state index contributed by atoms with van der Waals surface area (Å²) in [5, 5.41) is 1.46. The third kappa shape index (κ3) is 3.11. The molecule has 3 aromatic rings. The monoisotopic (exact) mass is 421 g/mol. The first kappa shape index (κ1) is 18.6. The average Bonchev–Trinajstić information content (AvgIpc) is 3.28. The van der Waals surface area contributed by atoms with E-state index in [1.807, 2.05) is 60.8 Å². The molecule has 0 N–H and O–H groups in total. The Labute approximate surface area is 177 Å². The Kier molecular flexibility index (Phi) is 4.76. The zero-order valence-corrected chi connectivity index (χ0v) is 17.5. The molecule has 0 aromatic heterocycles. The Morgan fingerprint density at radius 3 is 2.31 bits per heavy atom. The number of nitrogens with zero attached hydrogens (tertiary/aromatic N) is 1. The molecular weight excluding hydrogens is 402 g/mol. The van der Waals surface area contributed by atoms with Gasteiger partial charge in [-0.15, -0.1) is 23.5 Å². The molecule has 6 heteroatoms. The molecule has 5 rings (SSSR count). The fourth-order valence-electron chi connectivity index (χ4n) is 3.87. The third-order valence-electron chi connectivity index (χ3n) is 5.27. The summed E-state index contributed by atoms with van der Waals surface area (Å²) in [6.45, 7) is 2.17. The maximum Gasteiger partial charge on any atom is 0.261 e. The molecule has 3 aromatic carbocycles. The van der Waals surface area contributed by atoms with Gasteiger partial charge in [0.2, 0.25) is 0 Å². The molecule has 0 bridgehead atoms. The molecule has 0 unspecified atom stereocenters. The van der Waals surface area contributed by atoms with E-state index in [0.717, 1.165) is 11.1 Å². The van der Waals surface area contributed by atoms with Crippen LogP contribution in [-0.4, -0.2) is 34.8 Å². The van der Waals surface area contributed by atoms with Crippen molar-refractivity contribution in [3.05, 3.63) is 71.3 Å². The second-order valence-electron chi connectivity index (χ2n) is 6.94. The van der Waals surface area contributed by atoms with Crippen LogP contribution < -0.4 is 4.74 Å². The van der Waals surface area contributed by atoms with Crippen LogP contribution in [0, 0.1) is 0 Å². The maximum atomic E-state index is 12.7. The molecule has 0 saturated carbocycles. The van der Waals surface area contributed by atoms with Crippen molar-refractivity contribution >= 4 is 46.1 Å². The topological polar surface area (TPSA) is 46.6 Å². The number of rotatable bonds is 4. The van der Waals surface area contributed by atoms with Gasteiger partial charge >= 0.3 is 0 Å². The lowest BCUT2D eigenvalue weighted by atomic mass is 9.93. The van der Waals surface area contributed by atoms with Gasteiger partial charge in [0.1, 0.15) is 11.5 Å². The van der Waals surface area contributed by atoms with Crippen molar-refractivity contribution in [3.63, 3.8) is 0 Å². The van der Waals surface area contributed by atoms with E-state index in [1.54, 1.807) is 12.1 Å². The SMILES string of the molecule is CCN1C(=O)c2cccc3c(Oc4ccc(C5SCCS5)cc4)ccc(c23)C1=O. The number of amides is 2. The van der Waals surface area contributed by atoms with Crippen LogP contribution in [0.15, 0.2) is 54.6 Å². The molecule has 0 atom stereocenters. The number of benzene rings is 3. The Balaban J connectivity index is 1.52. The molecule has 1 saturated heterocycles. The highest BCUT2D eigenvalue weighted by Crippen LogP contribution is 2.45. The highest BCUT2D eigenvalue weighted by Gasteiger charge is 2.32. The van der Waals surface area contributed by atoms with Crippen molar-refractivity contribution in [1.82, 2.24) is 4.90 Å². The summed E-state index contributed by atoms with van der Waals surface area (Å²) < 4.78 is 6.66. The van der Waals surface area contributed by atoms with Crippen LogP contribution in [-0.2, 0) is 0 Å². The van der Waals surface area contributed by atoms with Gasteiger partial charge in [0.05, 0.1) is 4.58 Å². The first-order valence-corrected chi connectivity index (χ1v) is 11.7. The lowest BCUT2D eigenvalue weighted by Gasteiger charge is -2.26. The normalized spacial score (nSPS) is 16.7. The number of hydrogen-bond donors (Lipinski definition) is 0. The third-order valence-corrected chi connectivity index (χ3v) is 8.37. The van der Waals surface area contributed by atoms with Crippen molar-refractivity contribution in [2.75, 3.05) is 18.1 Å². The first-order valence-electron chi connectivity index (χ1n) is 9.60. The second kappa shape index (κ2) is 7.43. The van der Waals surface area contributed by atoms with Crippen LogP contribution in [0.4, 0.5) is 0 Å². The molecule has 4 nitrogen and oxygen atoms in total. The van der Waals surface area contributed by atoms with Crippen molar-refractivity contribution in [3.8, 4) is 11.5 Å². The zero-order valence-electron chi connectivity index (χ0n) is 15.9. The van der Waals surface area contributed by atoms with Gasteiger partial charge in [-0.05, 0) is 42.8 Å². The predicted octanol–water partition coefficient (Wildman–Crippen LogP) is 5.73. The van der Waals surface area contributed by atoms with Crippen LogP contribution in [0.3, 0.4) is 0 Å². The minimum Gasteiger partial charge on any atom is -0.457 e. The summed E-state index contributed by atoms with van der Waals surface area (Å²) >= 11 is 3.95. The zero-order chi connectivity index (χ0) is 20.0. The van der Waals surface area contributed by atoms with E-state index in [2.05, 4.69) is 12.1 Å². The van der Waals surface area contributed by atoms with Crippen LogP contribution in [0.5, 0.6) is 11.5 Å². The van der Waals surface area contributed by atoms with Gasteiger partial charge in [0.25, 0.3) is 11.8 Å². The number of imide groups is 1. The number of thioether (sulfide) groups is 2. The van der Waals surface area contributed by atoms with Crippen LogP contribution >= 0.6 is 23.5 Å². The van der Waals surface area contributed by atoms with Gasteiger partial charge in [0.15, 0.2) is 0 Å². The average molecular weight is 422 g/mol.